The van der Waals surface area contributed by atoms with Crippen molar-refractivity contribution >= 4 is 26.0 Å². The zero-order valence-corrected chi connectivity index (χ0v) is 11.2. The molecular weight excluding hydrogens is 278 g/mol. The molecule has 0 saturated heterocycles. The van der Waals surface area contributed by atoms with Gasteiger partial charge in [0.1, 0.15) is 0 Å². The van der Waals surface area contributed by atoms with Crippen molar-refractivity contribution in [3.63, 3.8) is 0 Å². The van der Waals surface area contributed by atoms with Gasteiger partial charge in [0.05, 0.1) is 5.25 Å². The first-order valence-corrected chi connectivity index (χ1v) is 8.34. The molecule has 0 spiro atoms. The highest BCUT2D eigenvalue weighted by Crippen LogP contribution is 2.38. The van der Waals surface area contributed by atoms with Crippen LogP contribution in [0.15, 0.2) is 0 Å². The fraction of sp³-hybridized carbons (Fsp3) is 1.00. The third kappa shape index (κ3) is 2.74. The summed E-state index contributed by atoms with van der Waals surface area (Å²) in [6, 6.07) is 0. The molecule has 0 aromatic heterocycles. The van der Waals surface area contributed by atoms with Gasteiger partial charge < -0.3 is 0 Å². The van der Waals surface area contributed by atoms with Gasteiger partial charge in [-0.25, -0.2) is 13.1 Å². The van der Waals surface area contributed by atoms with E-state index < -0.39 is 10.0 Å². The number of hydrogen-bond acceptors (Lipinski definition) is 2. The van der Waals surface area contributed by atoms with E-state index in [4.69, 9.17) is 0 Å². The molecule has 88 valence electrons. The van der Waals surface area contributed by atoms with Crippen molar-refractivity contribution in [2.24, 2.45) is 0 Å². The average molecular weight is 296 g/mol. The maximum Gasteiger partial charge on any atom is 0.215 e. The summed E-state index contributed by atoms with van der Waals surface area (Å²) in [5.41, 5.74) is -0.143. The van der Waals surface area contributed by atoms with Gasteiger partial charge in [0.15, 0.2) is 0 Å². The molecule has 1 N–H and O–H groups in total. The topological polar surface area (TPSA) is 46.2 Å². The summed E-state index contributed by atoms with van der Waals surface area (Å²) in [5.74, 6) is 0. The van der Waals surface area contributed by atoms with E-state index in [1.165, 1.54) is 6.42 Å². The Kier molecular flexibility index (Phi) is 3.43. The Hall–Kier alpha value is 0.390. The lowest BCUT2D eigenvalue weighted by molar-refractivity contribution is 0.471. The second-order valence-corrected chi connectivity index (χ2v) is 7.34. The van der Waals surface area contributed by atoms with Gasteiger partial charge in [-0.05, 0) is 25.7 Å². The Morgan fingerprint density at radius 2 is 1.80 bits per heavy atom. The monoisotopic (exact) mass is 295 g/mol. The normalized spacial score (nSPS) is 26.5. The van der Waals surface area contributed by atoms with Crippen molar-refractivity contribution in [1.29, 1.82) is 0 Å². The first-order chi connectivity index (χ1) is 7.08. The number of halogens is 1. The van der Waals surface area contributed by atoms with E-state index in [-0.39, 0.29) is 10.8 Å². The summed E-state index contributed by atoms with van der Waals surface area (Å²) in [7, 11) is -3.07. The Balaban J connectivity index is 1.99. The van der Waals surface area contributed by atoms with Crippen LogP contribution in [0.25, 0.3) is 0 Å². The molecule has 0 bridgehead atoms. The lowest BCUT2D eigenvalue weighted by Gasteiger charge is -2.24. The number of nitrogens with one attached hydrogen (secondary N) is 1. The van der Waals surface area contributed by atoms with E-state index >= 15 is 0 Å². The highest BCUT2D eigenvalue weighted by atomic mass is 79.9. The lowest BCUT2D eigenvalue weighted by atomic mass is 10.0. The second-order valence-electron chi connectivity index (χ2n) is 4.82. The van der Waals surface area contributed by atoms with Gasteiger partial charge in [-0.3, -0.25) is 0 Å². The first-order valence-electron chi connectivity index (χ1n) is 5.67. The van der Waals surface area contributed by atoms with Crippen LogP contribution in [0.2, 0.25) is 0 Å². The molecule has 3 nitrogen and oxygen atoms in total. The van der Waals surface area contributed by atoms with Crippen LogP contribution >= 0.6 is 15.9 Å². The smallest absolute Gasteiger partial charge is 0.212 e. The van der Waals surface area contributed by atoms with Crippen LogP contribution in [0.1, 0.15) is 44.9 Å². The number of alkyl halides is 1. The van der Waals surface area contributed by atoms with Gasteiger partial charge in [0.2, 0.25) is 10.0 Å². The fourth-order valence-electron chi connectivity index (χ4n) is 2.17. The van der Waals surface area contributed by atoms with Crippen LogP contribution < -0.4 is 4.72 Å². The molecule has 2 saturated carbocycles. The molecule has 2 aliphatic rings. The van der Waals surface area contributed by atoms with Crippen LogP contribution in [0.4, 0.5) is 0 Å². The van der Waals surface area contributed by atoms with Gasteiger partial charge in [0, 0.05) is 10.9 Å². The number of sulfonamides is 1. The molecule has 5 heteroatoms. The van der Waals surface area contributed by atoms with E-state index in [9.17, 15) is 8.42 Å². The summed E-state index contributed by atoms with van der Waals surface area (Å²) < 4.78 is 27.0. The zero-order valence-electron chi connectivity index (χ0n) is 8.84. The minimum atomic E-state index is -3.07. The third-order valence-electron chi connectivity index (χ3n) is 3.46. The Morgan fingerprint density at radius 3 is 2.27 bits per heavy atom. The summed E-state index contributed by atoms with van der Waals surface area (Å²) in [6.45, 7) is 0. The molecule has 0 heterocycles. The number of rotatable bonds is 4. The molecule has 15 heavy (non-hydrogen) atoms. The van der Waals surface area contributed by atoms with E-state index in [0.717, 1.165) is 43.9 Å². The maximum atomic E-state index is 12.1. The maximum absolute atomic E-state index is 12.1. The van der Waals surface area contributed by atoms with Crippen LogP contribution in [-0.2, 0) is 10.0 Å². The summed E-state index contributed by atoms with van der Waals surface area (Å²) >= 11 is 3.38. The zero-order chi connectivity index (χ0) is 10.9. The Labute approximate surface area is 100 Å². The fourth-order valence-corrected chi connectivity index (χ4v) is 5.06. The third-order valence-corrected chi connectivity index (χ3v) is 6.60. The van der Waals surface area contributed by atoms with Gasteiger partial charge in [-0.2, -0.15) is 0 Å². The molecule has 2 aliphatic carbocycles. The predicted molar refractivity (Wildman–Crippen MR) is 64.7 cm³/mol. The molecule has 2 fully saturated rings. The summed E-state index contributed by atoms with van der Waals surface area (Å²) in [6.07, 6.45) is 6.95. The second kappa shape index (κ2) is 4.34. The summed E-state index contributed by atoms with van der Waals surface area (Å²) in [4.78, 5) is 0. The first kappa shape index (κ1) is 11.9. The molecule has 0 aliphatic heterocycles. The van der Waals surface area contributed by atoms with Crippen molar-refractivity contribution in [1.82, 2.24) is 4.72 Å². The largest absolute Gasteiger partial charge is 0.215 e. The molecular formula is C10H18BrNO2S. The predicted octanol–water partition coefficient (Wildman–Crippen LogP) is 2.17. The van der Waals surface area contributed by atoms with Gasteiger partial charge in [0.25, 0.3) is 0 Å². The van der Waals surface area contributed by atoms with Gasteiger partial charge in [-0.1, -0.05) is 35.2 Å². The highest BCUT2D eigenvalue weighted by molar-refractivity contribution is 9.09. The van der Waals surface area contributed by atoms with Crippen molar-refractivity contribution in [2.75, 3.05) is 5.33 Å². The highest BCUT2D eigenvalue weighted by Gasteiger charge is 2.46. The molecule has 2 rings (SSSR count). The number of hydrogen-bond donors (Lipinski definition) is 1. The van der Waals surface area contributed by atoms with Crippen molar-refractivity contribution in [2.45, 2.75) is 55.7 Å². The van der Waals surface area contributed by atoms with Crippen LogP contribution in [0.3, 0.4) is 0 Å². The van der Waals surface area contributed by atoms with Crippen molar-refractivity contribution in [3.8, 4) is 0 Å². The van der Waals surface area contributed by atoms with Crippen molar-refractivity contribution < 1.29 is 8.42 Å². The van der Waals surface area contributed by atoms with E-state index in [1.807, 2.05) is 0 Å². The molecule has 0 radical (unpaired) electrons. The van der Waals surface area contributed by atoms with Gasteiger partial charge >= 0.3 is 0 Å². The lowest BCUT2D eigenvalue weighted by Crippen LogP contribution is -2.44. The van der Waals surface area contributed by atoms with E-state index in [1.54, 1.807) is 0 Å². The Bertz CT molecular complexity index is 318. The van der Waals surface area contributed by atoms with E-state index in [2.05, 4.69) is 20.7 Å². The van der Waals surface area contributed by atoms with Crippen LogP contribution in [-0.4, -0.2) is 24.5 Å². The SMILES string of the molecule is O=S(=O)(NC1(CBr)CC1)C1CCCCC1. The van der Waals surface area contributed by atoms with E-state index in [0.29, 0.717) is 0 Å². The van der Waals surface area contributed by atoms with Crippen molar-refractivity contribution in [3.05, 3.63) is 0 Å². The quantitative estimate of drug-likeness (QED) is 0.808. The molecule has 0 unspecified atom stereocenters. The van der Waals surface area contributed by atoms with Crippen LogP contribution in [0, 0.1) is 0 Å². The molecule has 0 aromatic carbocycles. The average Bonchev–Trinajstić information content (AvgIpc) is 2.99. The summed E-state index contributed by atoms with van der Waals surface area (Å²) in [5, 5.41) is 0.606. The minimum Gasteiger partial charge on any atom is -0.212 e. The Morgan fingerprint density at radius 1 is 1.20 bits per heavy atom. The molecule has 0 amide bonds. The van der Waals surface area contributed by atoms with Crippen LogP contribution in [0.5, 0.6) is 0 Å². The minimum absolute atomic E-state index is 0.136. The molecule has 0 atom stereocenters. The molecule has 0 aromatic rings. The van der Waals surface area contributed by atoms with Gasteiger partial charge in [-0.15, -0.1) is 0 Å². The standard InChI is InChI=1S/C10H18BrNO2S/c11-8-10(6-7-10)12-15(13,14)9-4-2-1-3-5-9/h9,12H,1-8H2.